The topological polar surface area (TPSA) is 87.1 Å². The largest absolute Gasteiger partial charge is 0.469 e. The van der Waals surface area contributed by atoms with E-state index in [4.69, 9.17) is 4.42 Å². The van der Waals surface area contributed by atoms with Crippen molar-refractivity contribution in [3.05, 3.63) is 58.7 Å². The molecule has 2 aromatic heterocycles. The normalized spacial score (nSPS) is 16.3. The van der Waals surface area contributed by atoms with Gasteiger partial charge in [-0.05, 0) is 49.8 Å². The molecular formula is C20H21N3O3. The third-order valence-electron chi connectivity index (χ3n) is 5.11. The lowest BCUT2D eigenvalue weighted by molar-refractivity contribution is 0.0846. The van der Waals surface area contributed by atoms with Gasteiger partial charge in [-0.15, -0.1) is 0 Å². The number of hydrogen-bond acceptors (Lipinski definition) is 3. The minimum Gasteiger partial charge on any atom is -0.469 e. The maximum absolute atomic E-state index is 12.6. The molecule has 2 amide bonds. The molecule has 0 fully saturated rings. The highest BCUT2D eigenvalue weighted by atomic mass is 16.3. The Labute approximate surface area is 150 Å². The first kappa shape index (κ1) is 16.4. The summed E-state index contributed by atoms with van der Waals surface area (Å²) in [7, 11) is 0. The predicted octanol–water partition coefficient (Wildman–Crippen LogP) is 3.27. The number of H-pyrrole nitrogens is 1. The molecule has 1 aliphatic carbocycles. The number of hydrogen-bond donors (Lipinski definition) is 3. The third kappa shape index (κ3) is 2.77. The molecule has 0 aliphatic heterocycles. The van der Waals surface area contributed by atoms with Crippen molar-refractivity contribution in [2.45, 2.75) is 33.1 Å². The average Bonchev–Trinajstić information content (AvgIpc) is 3.22. The zero-order valence-electron chi connectivity index (χ0n) is 14.8. The Morgan fingerprint density at radius 1 is 1.15 bits per heavy atom. The highest BCUT2D eigenvalue weighted by Gasteiger charge is 2.22. The molecular weight excluding hydrogens is 330 g/mol. The maximum atomic E-state index is 12.6. The van der Waals surface area contributed by atoms with E-state index in [1.54, 1.807) is 19.1 Å². The van der Waals surface area contributed by atoms with E-state index >= 15 is 0 Å². The van der Waals surface area contributed by atoms with Crippen LogP contribution in [0.1, 0.15) is 51.1 Å². The predicted molar refractivity (Wildman–Crippen MR) is 97.9 cm³/mol. The summed E-state index contributed by atoms with van der Waals surface area (Å²) in [6.45, 7) is 3.95. The summed E-state index contributed by atoms with van der Waals surface area (Å²) in [6, 6.07) is 7.26. The number of aromatic nitrogens is 1. The van der Waals surface area contributed by atoms with Crippen molar-refractivity contribution in [2.24, 2.45) is 5.92 Å². The average molecular weight is 351 g/mol. The van der Waals surface area contributed by atoms with Gasteiger partial charge in [-0.3, -0.25) is 20.4 Å². The standard InChI is InChI=1S/C20H21N3O3/c1-11-6-7-17-16(10-11)14-4-3-5-15(18(14)21-17)20(25)23-22-19(24)13-8-9-26-12(13)2/h3-5,8-9,11,21H,6-7,10H2,1-2H3,(H,22,24)(H,23,25)/t11-/m1/s1. The summed E-state index contributed by atoms with van der Waals surface area (Å²) < 4.78 is 5.11. The zero-order valence-corrected chi connectivity index (χ0v) is 14.8. The van der Waals surface area contributed by atoms with Gasteiger partial charge in [-0.25, -0.2) is 0 Å². The summed E-state index contributed by atoms with van der Waals surface area (Å²) in [5, 5.41) is 1.09. The molecule has 0 saturated heterocycles. The van der Waals surface area contributed by atoms with Gasteiger partial charge in [0, 0.05) is 11.1 Å². The molecule has 0 spiro atoms. The molecule has 3 N–H and O–H groups in total. The maximum Gasteiger partial charge on any atom is 0.273 e. The zero-order chi connectivity index (χ0) is 18.3. The van der Waals surface area contributed by atoms with Crippen LogP contribution in [0.15, 0.2) is 34.9 Å². The molecule has 4 rings (SSSR count). The van der Waals surface area contributed by atoms with E-state index in [-0.39, 0.29) is 5.91 Å². The van der Waals surface area contributed by atoms with Crippen LogP contribution in [-0.2, 0) is 12.8 Å². The number of aryl methyl sites for hydroxylation is 2. The number of carbonyl (C=O) groups excluding carboxylic acids is 2. The monoisotopic (exact) mass is 351 g/mol. The van der Waals surface area contributed by atoms with Crippen LogP contribution in [0.25, 0.3) is 10.9 Å². The van der Waals surface area contributed by atoms with Crippen molar-refractivity contribution < 1.29 is 14.0 Å². The summed E-state index contributed by atoms with van der Waals surface area (Å²) in [6.07, 6.45) is 4.62. The van der Waals surface area contributed by atoms with E-state index in [2.05, 4.69) is 22.8 Å². The van der Waals surface area contributed by atoms with E-state index in [1.165, 1.54) is 17.5 Å². The van der Waals surface area contributed by atoms with Crippen molar-refractivity contribution >= 4 is 22.7 Å². The van der Waals surface area contributed by atoms with Crippen LogP contribution in [-0.4, -0.2) is 16.8 Å². The number of para-hydroxylation sites is 1. The number of amides is 2. The lowest BCUT2D eigenvalue weighted by Gasteiger charge is -2.17. The van der Waals surface area contributed by atoms with Gasteiger partial charge in [0.05, 0.1) is 22.9 Å². The minimum atomic E-state index is -0.406. The van der Waals surface area contributed by atoms with E-state index in [0.717, 1.165) is 30.2 Å². The Morgan fingerprint density at radius 2 is 1.92 bits per heavy atom. The van der Waals surface area contributed by atoms with Crippen molar-refractivity contribution in [3.63, 3.8) is 0 Å². The summed E-state index contributed by atoms with van der Waals surface area (Å²) in [5.41, 5.74) is 9.22. The lowest BCUT2D eigenvalue weighted by atomic mass is 9.87. The SMILES string of the molecule is Cc1occc1C(=O)NNC(=O)c1cccc2c3c([nH]c12)CC[C@@H](C)C3. The third-order valence-corrected chi connectivity index (χ3v) is 5.11. The minimum absolute atomic E-state index is 0.350. The van der Waals surface area contributed by atoms with Crippen molar-refractivity contribution in [2.75, 3.05) is 0 Å². The molecule has 0 radical (unpaired) electrons. The number of aromatic amines is 1. The molecule has 26 heavy (non-hydrogen) atoms. The molecule has 1 aromatic carbocycles. The Bertz CT molecular complexity index is 999. The molecule has 134 valence electrons. The molecule has 1 atom stereocenters. The van der Waals surface area contributed by atoms with Gasteiger partial charge in [0.25, 0.3) is 11.8 Å². The van der Waals surface area contributed by atoms with Crippen LogP contribution in [0.5, 0.6) is 0 Å². The molecule has 2 heterocycles. The second-order valence-corrected chi connectivity index (χ2v) is 6.96. The first-order valence-corrected chi connectivity index (χ1v) is 8.82. The van der Waals surface area contributed by atoms with Crippen molar-refractivity contribution in [3.8, 4) is 0 Å². The second kappa shape index (κ2) is 6.37. The van der Waals surface area contributed by atoms with Crippen molar-refractivity contribution in [1.82, 2.24) is 15.8 Å². The smallest absolute Gasteiger partial charge is 0.273 e. The number of benzene rings is 1. The fraction of sp³-hybridized carbons (Fsp3) is 0.300. The lowest BCUT2D eigenvalue weighted by Crippen LogP contribution is -2.41. The van der Waals surface area contributed by atoms with Crippen LogP contribution in [0, 0.1) is 12.8 Å². The highest BCUT2D eigenvalue weighted by molar-refractivity contribution is 6.07. The Balaban J connectivity index is 1.57. The van der Waals surface area contributed by atoms with Gasteiger partial charge in [-0.2, -0.15) is 0 Å². The molecule has 6 nitrogen and oxygen atoms in total. The number of fused-ring (bicyclic) bond motifs is 3. The number of hydrazine groups is 1. The molecule has 0 bridgehead atoms. The van der Waals surface area contributed by atoms with E-state index < -0.39 is 5.91 Å². The van der Waals surface area contributed by atoms with Crippen LogP contribution >= 0.6 is 0 Å². The Hall–Kier alpha value is -3.02. The van der Waals surface area contributed by atoms with Crippen molar-refractivity contribution in [1.29, 1.82) is 0 Å². The molecule has 0 unspecified atom stereocenters. The summed E-state index contributed by atoms with van der Waals surface area (Å²) in [5.74, 6) is 0.398. The molecule has 1 aliphatic rings. The molecule has 0 saturated carbocycles. The van der Waals surface area contributed by atoms with Crippen LogP contribution in [0.2, 0.25) is 0 Å². The molecule has 6 heteroatoms. The Kier molecular flexibility index (Phi) is 4.03. The van der Waals surface area contributed by atoms with Crippen LogP contribution < -0.4 is 10.9 Å². The van der Waals surface area contributed by atoms with E-state index in [0.29, 0.717) is 22.8 Å². The van der Waals surface area contributed by atoms with Gasteiger partial charge < -0.3 is 9.40 Å². The van der Waals surface area contributed by atoms with Crippen LogP contribution in [0.3, 0.4) is 0 Å². The van der Waals surface area contributed by atoms with Gasteiger partial charge in [0.15, 0.2) is 0 Å². The summed E-state index contributed by atoms with van der Waals surface area (Å²) in [4.78, 5) is 28.2. The second-order valence-electron chi connectivity index (χ2n) is 6.96. The quantitative estimate of drug-likeness (QED) is 0.619. The fourth-order valence-electron chi connectivity index (χ4n) is 3.67. The van der Waals surface area contributed by atoms with E-state index in [1.807, 2.05) is 12.1 Å². The highest BCUT2D eigenvalue weighted by Crippen LogP contribution is 2.32. The van der Waals surface area contributed by atoms with Gasteiger partial charge in [0.1, 0.15) is 5.76 Å². The van der Waals surface area contributed by atoms with E-state index in [9.17, 15) is 9.59 Å². The van der Waals surface area contributed by atoms with Gasteiger partial charge in [0.2, 0.25) is 0 Å². The first-order valence-electron chi connectivity index (χ1n) is 8.82. The number of furan rings is 1. The van der Waals surface area contributed by atoms with Gasteiger partial charge >= 0.3 is 0 Å². The number of rotatable bonds is 2. The summed E-state index contributed by atoms with van der Waals surface area (Å²) >= 11 is 0. The van der Waals surface area contributed by atoms with Gasteiger partial charge in [-0.1, -0.05) is 19.1 Å². The first-order chi connectivity index (χ1) is 12.5. The number of nitrogens with one attached hydrogen (secondary N) is 3. The Morgan fingerprint density at radius 3 is 2.65 bits per heavy atom. The molecule has 3 aromatic rings. The fourth-order valence-corrected chi connectivity index (χ4v) is 3.67. The van der Waals surface area contributed by atoms with Crippen LogP contribution in [0.4, 0.5) is 0 Å². The number of carbonyl (C=O) groups is 2.